The number of benzene rings is 1. The van der Waals surface area contributed by atoms with E-state index in [0.717, 1.165) is 22.9 Å². The molecule has 1 aliphatic rings. The maximum absolute atomic E-state index is 6.35. The molecule has 0 aliphatic heterocycles. The van der Waals surface area contributed by atoms with Crippen LogP contribution in [0.4, 0.5) is 5.69 Å². The molecule has 0 aromatic heterocycles. The van der Waals surface area contributed by atoms with Gasteiger partial charge in [-0.1, -0.05) is 40.5 Å². The standard InChI is InChI=1S/C13H17BrClN/c1-2-7-16(11-4-5-11)13-6-3-10(9-14)8-12(13)15/h3,6,8,11H,2,4-5,7,9H2,1H3. The Hall–Kier alpha value is -0.210. The van der Waals surface area contributed by atoms with Gasteiger partial charge in [0.05, 0.1) is 10.7 Å². The largest absolute Gasteiger partial charge is 0.367 e. The fraction of sp³-hybridized carbons (Fsp3) is 0.538. The monoisotopic (exact) mass is 301 g/mol. The highest BCUT2D eigenvalue weighted by Gasteiger charge is 2.29. The zero-order valence-electron chi connectivity index (χ0n) is 9.55. The molecule has 0 bridgehead atoms. The number of hydrogen-bond acceptors (Lipinski definition) is 1. The van der Waals surface area contributed by atoms with Crippen molar-refractivity contribution < 1.29 is 0 Å². The molecule has 0 spiro atoms. The van der Waals surface area contributed by atoms with Crippen molar-refractivity contribution in [3.8, 4) is 0 Å². The van der Waals surface area contributed by atoms with Crippen LogP contribution in [0.3, 0.4) is 0 Å². The molecule has 0 atom stereocenters. The van der Waals surface area contributed by atoms with E-state index in [4.69, 9.17) is 11.6 Å². The van der Waals surface area contributed by atoms with Crippen molar-refractivity contribution in [2.24, 2.45) is 0 Å². The Morgan fingerprint density at radius 1 is 1.44 bits per heavy atom. The van der Waals surface area contributed by atoms with Gasteiger partial charge in [0, 0.05) is 17.9 Å². The lowest BCUT2D eigenvalue weighted by atomic mass is 10.2. The third-order valence-electron chi connectivity index (χ3n) is 2.93. The smallest absolute Gasteiger partial charge is 0.0642 e. The molecule has 1 aromatic carbocycles. The number of alkyl halides is 1. The molecule has 1 nitrogen and oxygen atoms in total. The van der Waals surface area contributed by atoms with Crippen LogP contribution in [-0.2, 0) is 5.33 Å². The van der Waals surface area contributed by atoms with Crippen molar-refractivity contribution in [3.05, 3.63) is 28.8 Å². The summed E-state index contributed by atoms with van der Waals surface area (Å²) in [6.45, 7) is 3.33. The lowest BCUT2D eigenvalue weighted by Gasteiger charge is -2.25. The Balaban J connectivity index is 2.22. The van der Waals surface area contributed by atoms with Crippen molar-refractivity contribution in [2.45, 2.75) is 37.6 Å². The van der Waals surface area contributed by atoms with Crippen LogP contribution in [0.5, 0.6) is 0 Å². The molecule has 3 heteroatoms. The van der Waals surface area contributed by atoms with Gasteiger partial charge < -0.3 is 4.90 Å². The average molecular weight is 303 g/mol. The Bertz CT molecular complexity index is 363. The van der Waals surface area contributed by atoms with Crippen LogP contribution in [0, 0.1) is 0 Å². The molecule has 0 radical (unpaired) electrons. The first-order valence-corrected chi connectivity index (χ1v) is 7.37. The van der Waals surface area contributed by atoms with E-state index >= 15 is 0 Å². The van der Waals surface area contributed by atoms with E-state index in [-0.39, 0.29) is 0 Å². The number of rotatable bonds is 5. The normalized spacial score (nSPS) is 15.2. The molecule has 1 aliphatic carbocycles. The molecule has 0 heterocycles. The maximum atomic E-state index is 6.35. The molecule has 88 valence electrons. The lowest BCUT2D eigenvalue weighted by Crippen LogP contribution is -2.26. The second-order valence-corrected chi connectivity index (χ2v) is 5.31. The molecular formula is C13H17BrClN. The summed E-state index contributed by atoms with van der Waals surface area (Å²) in [6, 6.07) is 7.11. The Morgan fingerprint density at radius 3 is 2.69 bits per heavy atom. The van der Waals surface area contributed by atoms with Gasteiger partial charge in [0.25, 0.3) is 0 Å². The highest BCUT2D eigenvalue weighted by molar-refractivity contribution is 9.08. The molecule has 2 rings (SSSR count). The highest BCUT2D eigenvalue weighted by Crippen LogP contribution is 2.36. The van der Waals surface area contributed by atoms with Crippen LogP contribution in [0.25, 0.3) is 0 Å². The Labute approximate surface area is 111 Å². The van der Waals surface area contributed by atoms with Gasteiger partial charge in [0.2, 0.25) is 0 Å². The topological polar surface area (TPSA) is 3.24 Å². The van der Waals surface area contributed by atoms with Crippen LogP contribution in [0.15, 0.2) is 18.2 Å². The van der Waals surface area contributed by atoms with Gasteiger partial charge in [-0.3, -0.25) is 0 Å². The van der Waals surface area contributed by atoms with E-state index in [0.29, 0.717) is 0 Å². The number of anilines is 1. The zero-order valence-corrected chi connectivity index (χ0v) is 11.9. The first-order chi connectivity index (χ1) is 7.76. The summed E-state index contributed by atoms with van der Waals surface area (Å²) in [6.07, 6.45) is 3.81. The van der Waals surface area contributed by atoms with Gasteiger partial charge in [0.1, 0.15) is 0 Å². The molecular weight excluding hydrogens is 286 g/mol. The van der Waals surface area contributed by atoms with Crippen molar-refractivity contribution >= 4 is 33.2 Å². The summed E-state index contributed by atoms with van der Waals surface area (Å²) in [4.78, 5) is 2.46. The molecule has 0 unspecified atom stereocenters. The third-order valence-corrected chi connectivity index (χ3v) is 3.88. The van der Waals surface area contributed by atoms with Gasteiger partial charge >= 0.3 is 0 Å². The van der Waals surface area contributed by atoms with Gasteiger partial charge in [-0.05, 0) is 37.0 Å². The van der Waals surface area contributed by atoms with Crippen LogP contribution in [0.2, 0.25) is 5.02 Å². The third kappa shape index (κ3) is 2.72. The quantitative estimate of drug-likeness (QED) is 0.718. The zero-order chi connectivity index (χ0) is 11.5. The summed E-state index contributed by atoms with van der Waals surface area (Å²) in [7, 11) is 0. The van der Waals surface area contributed by atoms with Crippen molar-refractivity contribution in [3.63, 3.8) is 0 Å². The van der Waals surface area contributed by atoms with Crippen LogP contribution in [-0.4, -0.2) is 12.6 Å². The van der Waals surface area contributed by atoms with Gasteiger partial charge in [0.15, 0.2) is 0 Å². The molecule has 1 fully saturated rings. The van der Waals surface area contributed by atoms with Crippen molar-refractivity contribution in [2.75, 3.05) is 11.4 Å². The predicted octanol–water partition coefficient (Wildman–Crippen LogP) is 4.61. The minimum absolute atomic E-state index is 0.729. The van der Waals surface area contributed by atoms with E-state index in [1.807, 2.05) is 0 Å². The van der Waals surface area contributed by atoms with Gasteiger partial charge in [-0.15, -0.1) is 0 Å². The predicted molar refractivity (Wildman–Crippen MR) is 74.7 cm³/mol. The summed E-state index contributed by atoms with van der Waals surface area (Å²) < 4.78 is 0. The number of halogens is 2. The first-order valence-electron chi connectivity index (χ1n) is 5.87. The van der Waals surface area contributed by atoms with E-state index in [1.54, 1.807) is 0 Å². The van der Waals surface area contributed by atoms with Crippen molar-refractivity contribution in [1.29, 1.82) is 0 Å². The van der Waals surface area contributed by atoms with Crippen LogP contribution in [0.1, 0.15) is 31.7 Å². The Morgan fingerprint density at radius 2 is 2.19 bits per heavy atom. The maximum Gasteiger partial charge on any atom is 0.0642 e. The fourth-order valence-electron chi connectivity index (χ4n) is 1.99. The first kappa shape index (κ1) is 12.3. The minimum atomic E-state index is 0.729. The van der Waals surface area contributed by atoms with Gasteiger partial charge in [-0.25, -0.2) is 0 Å². The summed E-state index contributed by atoms with van der Waals surface area (Å²) in [5, 5.41) is 1.75. The van der Waals surface area contributed by atoms with E-state index in [1.165, 1.54) is 30.5 Å². The molecule has 1 aromatic rings. The second kappa shape index (κ2) is 5.42. The summed E-state index contributed by atoms with van der Waals surface area (Å²) >= 11 is 9.80. The highest BCUT2D eigenvalue weighted by atomic mass is 79.9. The SMILES string of the molecule is CCCN(c1ccc(CBr)cc1Cl)C1CC1. The second-order valence-electron chi connectivity index (χ2n) is 4.34. The molecule has 16 heavy (non-hydrogen) atoms. The summed E-state index contributed by atoms with van der Waals surface area (Å²) in [5.74, 6) is 0. The van der Waals surface area contributed by atoms with Crippen LogP contribution >= 0.6 is 27.5 Å². The average Bonchev–Trinajstić information content (AvgIpc) is 3.10. The Kier molecular flexibility index (Phi) is 4.15. The molecule has 0 N–H and O–H groups in total. The molecule has 0 saturated heterocycles. The molecule has 0 amide bonds. The minimum Gasteiger partial charge on any atom is -0.367 e. The van der Waals surface area contributed by atoms with E-state index in [2.05, 4.69) is 46.0 Å². The van der Waals surface area contributed by atoms with Crippen molar-refractivity contribution in [1.82, 2.24) is 0 Å². The number of nitrogens with zero attached hydrogens (tertiary/aromatic N) is 1. The fourth-order valence-corrected chi connectivity index (χ4v) is 2.65. The number of hydrogen-bond donors (Lipinski definition) is 0. The van der Waals surface area contributed by atoms with Gasteiger partial charge in [-0.2, -0.15) is 0 Å². The van der Waals surface area contributed by atoms with Crippen LogP contribution < -0.4 is 4.90 Å². The summed E-state index contributed by atoms with van der Waals surface area (Å²) in [5.41, 5.74) is 2.44. The van der Waals surface area contributed by atoms with E-state index < -0.39 is 0 Å². The van der Waals surface area contributed by atoms with E-state index in [9.17, 15) is 0 Å². The molecule has 1 saturated carbocycles. The lowest BCUT2D eigenvalue weighted by molar-refractivity contribution is 0.763.